The first-order valence-corrected chi connectivity index (χ1v) is 8.81. The summed E-state index contributed by atoms with van der Waals surface area (Å²) >= 11 is 3.37. The number of hydrogen-bond acceptors (Lipinski definition) is 3. The standard InChI is InChI=1S/C14H15BrNO3P/c1-18-13-8-3-4-9-14(13)19-20(2,17)16-12-7-5-6-11(15)10-12/h3-10H,1-2H3,(H,16,17)/t20-/m1/s1. The third-order valence-corrected chi connectivity index (χ3v) is 4.20. The molecule has 20 heavy (non-hydrogen) atoms. The van der Waals surface area contributed by atoms with Gasteiger partial charge in [0.15, 0.2) is 11.5 Å². The summed E-state index contributed by atoms with van der Waals surface area (Å²) in [4.78, 5) is 0. The van der Waals surface area contributed by atoms with E-state index in [1.54, 1.807) is 25.3 Å². The Labute approximate surface area is 126 Å². The zero-order valence-electron chi connectivity index (χ0n) is 11.2. The maximum atomic E-state index is 12.5. The number of benzene rings is 2. The van der Waals surface area contributed by atoms with Crippen molar-refractivity contribution in [1.29, 1.82) is 0 Å². The van der Waals surface area contributed by atoms with Crippen LogP contribution in [0.3, 0.4) is 0 Å². The smallest absolute Gasteiger partial charge is 0.338 e. The predicted octanol–water partition coefficient (Wildman–Crippen LogP) is 4.77. The topological polar surface area (TPSA) is 47.6 Å². The Balaban J connectivity index is 2.17. The highest BCUT2D eigenvalue weighted by atomic mass is 79.9. The molecule has 0 saturated heterocycles. The summed E-state index contributed by atoms with van der Waals surface area (Å²) in [5.41, 5.74) is 0.722. The molecule has 2 aromatic carbocycles. The van der Waals surface area contributed by atoms with Gasteiger partial charge in [0, 0.05) is 16.8 Å². The number of anilines is 1. The molecule has 1 atom stereocenters. The van der Waals surface area contributed by atoms with E-state index in [4.69, 9.17) is 9.26 Å². The van der Waals surface area contributed by atoms with Crippen LogP contribution in [0.15, 0.2) is 53.0 Å². The third-order valence-electron chi connectivity index (χ3n) is 2.50. The first-order valence-electron chi connectivity index (χ1n) is 5.94. The van der Waals surface area contributed by atoms with Crippen LogP contribution >= 0.6 is 23.4 Å². The Morgan fingerprint density at radius 2 is 1.80 bits per heavy atom. The van der Waals surface area contributed by atoms with Crippen LogP contribution in [0, 0.1) is 0 Å². The number of hydrogen-bond donors (Lipinski definition) is 1. The van der Waals surface area contributed by atoms with Crippen molar-refractivity contribution >= 4 is 29.1 Å². The van der Waals surface area contributed by atoms with Crippen molar-refractivity contribution in [3.05, 3.63) is 53.0 Å². The molecule has 0 saturated carbocycles. The Kier molecular flexibility index (Phi) is 4.73. The lowest BCUT2D eigenvalue weighted by atomic mass is 10.3. The maximum Gasteiger partial charge on any atom is 0.338 e. The second-order valence-corrected chi connectivity index (χ2v) is 7.22. The number of para-hydroxylation sites is 2. The normalized spacial score (nSPS) is 13.3. The minimum atomic E-state index is -3.05. The van der Waals surface area contributed by atoms with Crippen LogP contribution in [0.4, 0.5) is 5.69 Å². The van der Waals surface area contributed by atoms with Crippen LogP contribution in [0.1, 0.15) is 0 Å². The van der Waals surface area contributed by atoms with Crippen LogP contribution < -0.4 is 14.3 Å². The highest BCUT2D eigenvalue weighted by Gasteiger charge is 2.19. The van der Waals surface area contributed by atoms with Gasteiger partial charge in [0.25, 0.3) is 0 Å². The molecule has 0 unspecified atom stereocenters. The van der Waals surface area contributed by atoms with Gasteiger partial charge in [-0.05, 0) is 30.3 Å². The predicted molar refractivity (Wildman–Crippen MR) is 84.9 cm³/mol. The van der Waals surface area contributed by atoms with E-state index >= 15 is 0 Å². The molecule has 2 rings (SSSR count). The second kappa shape index (κ2) is 6.33. The summed E-state index contributed by atoms with van der Waals surface area (Å²) < 4.78 is 24.2. The minimum absolute atomic E-state index is 0.448. The van der Waals surface area contributed by atoms with Crippen molar-refractivity contribution in [3.63, 3.8) is 0 Å². The third kappa shape index (κ3) is 4.02. The summed E-state index contributed by atoms with van der Waals surface area (Å²) in [6, 6.07) is 14.5. The number of nitrogens with one attached hydrogen (secondary N) is 1. The lowest BCUT2D eigenvalue weighted by Gasteiger charge is -2.19. The van der Waals surface area contributed by atoms with Gasteiger partial charge in [-0.3, -0.25) is 4.57 Å². The molecule has 0 amide bonds. The Hall–Kier alpha value is -1.45. The van der Waals surface area contributed by atoms with Gasteiger partial charge in [-0.15, -0.1) is 0 Å². The lowest BCUT2D eigenvalue weighted by molar-refractivity contribution is 0.391. The van der Waals surface area contributed by atoms with Crippen molar-refractivity contribution in [2.24, 2.45) is 0 Å². The molecule has 4 nitrogen and oxygen atoms in total. The van der Waals surface area contributed by atoms with E-state index in [9.17, 15) is 4.57 Å². The van der Waals surface area contributed by atoms with Crippen molar-refractivity contribution in [2.75, 3.05) is 18.9 Å². The molecule has 0 aliphatic carbocycles. The van der Waals surface area contributed by atoms with Gasteiger partial charge in [-0.25, -0.2) is 0 Å². The molecule has 6 heteroatoms. The fraction of sp³-hybridized carbons (Fsp3) is 0.143. The highest BCUT2D eigenvalue weighted by molar-refractivity contribution is 9.10. The van der Waals surface area contributed by atoms with E-state index in [-0.39, 0.29) is 0 Å². The number of rotatable bonds is 5. The van der Waals surface area contributed by atoms with Gasteiger partial charge >= 0.3 is 7.52 Å². The molecule has 0 fully saturated rings. The molecule has 0 spiro atoms. The molecule has 0 aliphatic heterocycles. The largest absolute Gasteiger partial charge is 0.493 e. The van der Waals surface area contributed by atoms with Crippen molar-refractivity contribution in [1.82, 2.24) is 0 Å². The van der Waals surface area contributed by atoms with E-state index < -0.39 is 7.52 Å². The average Bonchev–Trinajstić information content (AvgIpc) is 2.38. The fourth-order valence-electron chi connectivity index (χ4n) is 1.70. The molecule has 0 bridgehead atoms. The summed E-state index contributed by atoms with van der Waals surface area (Å²) in [6.45, 7) is 1.53. The molecule has 2 aromatic rings. The first kappa shape index (κ1) is 14.9. The summed E-state index contributed by atoms with van der Waals surface area (Å²) in [5.74, 6) is 0.994. The van der Waals surface area contributed by atoms with Crippen molar-refractivity contribution in [2.45, 2.75) is 0 Å². The molecular formula is C14H15BrNO3P. The molecule has 0 aromatic heterocycles. The van der Waals surface area contributed by atoms with Gasteiger partial charge in [0.1, 0.15) is 0 Å². The molecule has 1 N–H and O–H groups in total. The quantitative estimate of drug-likeness (QED) is 0.784. The Bertz CT molecular complexity index is 648. The van der Waals surface area contributed by atoms with Gasteiger partial charge in [0.05, 0.1) is 7.11 Å². The lowest BCUT2D eigenvalue weighted by Crippen LogP contribution is -2.03. The molecule has 0 radical (unpaired) electrons. The second-order valence-electron chi connectivity index (χ2n) is 4.21. The zero-order chi connectivity index (χ0) is 14.6. The van der Waals surface area contributed by atoms with Gasteiger partial charge in [-0.1, -0.05) is 34.1 Å². The Morgan fingerprint density at radius 3 is 2.45 bits per heavy atom. The average molecular weight is 356 g/mol. The van der Waals surface area contributed by atoms with Crippen LogP contribution in [0.2, 0.25) is 0 Å². The van der Waals surface area contributed by atoms with Crippen molar-refractivity contribution in [3.8, 4) is 11.5 Å². The Morgan fingerprint density at radius 1 is 1.10 bits per heavy atom. The first-order chi connectivity index (χ1) is 9.50. The van der Waals surface area contributed by atoms with Crippen LogP contribution in [0.5, 0.6) is 11.5 Å². The van der Waals surface area contributed by atoms with Crippen LogP contribution in [-0.4, -0.2) is 13.8 Å². The van der Waals surface area contributed by atoms with Gasteiger partial charge in [0.2, 0.25) is 0 Å². The van der Waals surface area contributed by atoms with Crippen LogP contribution in [-0.2, 0) is 4.57 Å². The summed E-state index contributed by atoms with van der Waals surface area (Å²) in [6.07, 6.45) is 0. The van der Waals surface area contributed by atoms with Gasteiger partial charge < -0.3 is 14.3 Å². The summed E-state index contributed by atoms with van der Waals surface area (Å²) in [7, 11) is -1.50. The van der Waals surface area contributed by atoms with Crippen LogP contribution in [0.25, 0.3) is 0 Å². The van der Waals surface area contributed by atoms with Crippen molar-refractivity contribution < 1.29 is 13.8 Å². The zero-order valence-corrected chi connectivity index (χ0v) is 13.6. The SMILES string of the molecule is COc1ccccc1O[P@@](C)(=O)Nc1cccc(Br)c1. The monoisotopic (exact) mass is 355 g/mol. The number of ether oxygens (including phenoxy) is 1. The van der Waals surface area contributed by atoms with E-state index in [2.05, 4.69) is 21.0 Å². The number of halogens is 1. The fourth-order valence-corrected chi connectivity index (χ4v) is 3.28. The number of methoxy groups -OCH3 is 1. The highest BCUT2D eigenvalue weighted by Crippen LogP contribution is 2.46. The van der Waals surface area contributed by atoms with E-state index in [1.165, 1.54) is 6.66 Å². The molecule has 106 valence electrons. The van der Waals surface area contributed by atoms with Gasteiger partial charge in [-0.2, -0.15) is 0 Å². The van der Waals surface area contributed by atoms with E-state index in [0.29, 0.717) is 11.5 Å². The van der Waals surface area contributed by atoms with E-state index in [0.717, 1.165) is 10.2 Å². The molecule has 0 heterocycles. The molecular weight excluding hydrogens is 341 g/mol. The van der Waals surface area contributed by atoms with E-state index in [1.807, 2.05) is 30.3 Å². The minimum Gasteiger partial charge on any atom is -0.493 e. The molecule has 0 aliphatic rings. The summed E-state index contributed by atoms with van der Waals surface area (Å²) in [5, 5.41) is 2.91. The maximum absolute atomic E-state index is 12.5.